The predicted octanol–water partition coefficient (Wildman–Crippen LogP) is 0.877. The number of rotatable bonds is 8. The molecule has 0 saturated heterocycles. The van der Waals surface area contributed by atoms with Gasteiger partial charge in [0.25, 0.3) is 0 Å². The van der Waals surface area contributed by atoms with Crippen molar-refractivity contribution in [1.82, 2.24) is 5.32 Å². The van der Waals surface area contributed by atoms with Gasteiger partial charge in [-0.05, 0) is 31.3 Å². The van der Waals surface area contributed by atoms with Crippen LogP contribution in [0.5, 0.6) is 0 Å². The second-order valence-electron chi connectivity index (χ2n) is 3.84. The van der Waals surface area contributed by atoms with Crippen LogP contribution < -0.4 is 5.32 Å². The summed E-state index contributed by atoms with van der Waals surface area (Å²) in [6.45, 7) is 7.37. The van der Waals surface area contributed by atoms with Gasteiger partial charge in [0, 0.05) is 20.3 Å². The minimum Gasteiger partial charge on any atom is -0.396 e. The van der Waals surface area contributed by atoms with E-state index in [0.29, 0.717) is 11.8 Å². The van der Waals surface area contributed by atoms with Gasteiger partial charge in [0.1, 0.15) is 0 Å². The molecule has 0 heterocycles. The monoisotopic (exact) mass is 189 g/mol. The smallest absolute Gasteiger partial charge is 0.0499 e. The van der Waals surface area contributed by atoms with Crippen molar-refractivity contribution >= 4 is 0 Å². The first kappa shape index (κ1) is 12.9. The van der Waals surface area contributed by atoms with Crippen LogP contribution in [-0.2, 0) is 4.74 Å². The van der Waals surface area contributed by atoms with Crippen molar-refractivity contribution in [3.8, 4) is 0 Å². The molecule has 0 amide bonds. The summed E-state index contributed by atoms with van der Waals surface area (Å²) in [6.07, 6.45) is 0.881. The second kappa shape index (κ2) is 8.48. The molecule has 0 aliphatic heterocycles. The van der Waals surface area contributed by atoms with Crippen LogP contribution in [0.15, 0.2) is 0 Å². The van der Waals surface area contributed by atoms with Crippen LogP contribution in [0.3, 0.4) is 0 Å². The third-order valence-corrected chi connectivity index (χ3v) is 2.06. The summed E-state index contributed by atoms with van der Waals surface area (Å²) in [6, 6.07) is 0. The van der Waals surface area contributed by atoms with E-state index >= 15 is 0 Å². The maximum absolute atomic E-state index is 8.68. The van der Waals surface area contributed by atoms with Crippen LogP contribution in [-0.4, -0.2) is 38.5 Å². The Labute approximate surface area is 81.5 Å². The average Bonchev–Trinajstić information content (AvgIpc) is 2.05. The Bertz CT molecular complexity index is 97.1. The Kier molecular flexibility index (Phi) is 8.40. The Hall–Kier alpha value is -0.120. The van der Waals surface area contributed by atoms with E-state index in [-0.39, 0.29) is 6.61 Å². The summed E-state index contributed by atoms with van der Waals surface area (Å²) < 4.78 is 5.03. The number of ether oxygens (including phenoxy) is 1. The third kappa shape index (κ3) is 8.22. The molecule has 0 radical (unpaired) electrons. The molecule has 0 aliphatic rings. The zero-order chi connectivity index (χ0) is 10.1. The number of nitrogens with one attached hydrogen (secondary N) is 1. The Morgan fingerprint density at radius 1 is 1.23 bits per heavy atom. The number of aliphatic hydroxyl groups is 1. The molecule has 13 heavy (non-hydrogen) atoms. The van der Waals surface area contributed by atoms with Crippen LogP contribution in [0.4, 0.5) is 0 Å². The zero-order valence-electron chi connectivity index (χ0n) is 9.05. The topological polar surface area (TPSA) is 41.5 Å². The van der Waals surface area contributed by atoms with Crippen LogP contribution in [0.2, 0.25) is 0 Å². The minimum atomic E-state index is 0.288. The fraction of sp³-hybridized carbons (Fsp3) is 1.00. The van der Waals surface area contributed by atoms with Gasteiger partial charge in [-0.25, -0.2) is 0 Å². The van der Waals surface area contributed by atoms with Crippen molar-refractivity contribution < 1.29 is 9.84 Å². The summed E-state index contributed by atoms with van der Waals surface area (Å²) in [5.41, 5.74) is 0. The van der Waals surface area contributed by atoms with Crippen molar-refractivity contribution in [3.05, 3.63) is 0 Å². The molecule has 0 spiro atoms. The Morgan fingerprint density at radius 3 is 2.38 bits per heavy atom. The van der Waals surface area contributed by atoms with Crippen molar-refractivity contribution in [3.63, 3.8) is 0 Å². The molecule has 2 unspecified atom stereocenters. The van der Waals surface area contributed by atoms with Gasteiger partial charge >= 0.3 is 0 Å². The first-order valence-corrected chi connectivity index (χ1v) is 5.01. The van der Waals surface area contributed by atoms with E-state index in [2.05, 4.69) is 19.2 Å². The average molecular weight is 189 g/mol. The summed E-state index contributed by atoms with van der Waals surface area (Å²) in [4.78, 5) is 0. The number of hydrogen-bond donors (Lipinski definition) is 2. The highest BCUT2D eigenvalue weighted by molar-refractivity contribution is 4.59. The highest BCUT2D eigenvalue weighted by Gasteiger charge is 2.03. The van der Waals surface area contributed by atoms with E-state index in [1.807, 2.05) is 0 Å². The summed E-state index contributed by atoms with van der Waals surface area (Å²) >= 11 is 0. The summed E-state index contributed by atoms with van der Waals surface area (Å²) in [7, 11) is 1.73. The SMILES string of the molecule is COCC(C)CNCC(C)CCO. The van der Waals surface area contributed by atoms with Gasteiger partial charge in [0.05, 0.1) is 0 Å². The molecule has 0 aromatic heterocycles. The van der Waals surface area contributed by atoms with Crippen LogP contribution in [0, 0.1) is 11.8 Å². The summed E-state index contributed by atoms with van der Waals surface area (Å²) in [5, 5.41) is 12.0. The predicted molar refractivity (Wildman–Crippen MR) is 54.8 cm³/mol. The molecule has 3 heteroatoms. The lowest BCUT2D eigenvalue weighted by molar-refractivity contribution is 0.157. The molecule has 3 nitrogen and oxygen atoms in total. The second-order valence-corrected chi connectivity index (χ2v) is 3.84. The van der Waals surface area contributed by atoms with Crippen LogP contribution in [0.1, 0.15) is 20.3 Å². The molecule has 0 aromatic rings. The Balaban J connectivity index is 3.23. The third-order valence-electron chi connectivity index (χ3n) is 2.06. The van der Waals surface area contributed by atoms with Gasteiger partial charge in [-0.3, -0.25) is 0 Å². The van der Waals surface area contributed by atoms with Crippen LogP contribution in [0.25, 0.3) is 0 Å². The number of methoxy groups -OCH3 is 1. The van der Waals surface area contributed by atoms with E-state index in [9.17, 15) is 0 Å². The van der Waals surface area contributed by atoms with Gasteiger partial charge in [-0.15, -0.1) is 0 Å². The van der Waals surface area contributed by atoms with Crippen molar-refractivity contribution in [2.75, 3.05) is 33.4 Å². The highest BCUT2D eigenvalue weighted by atomic mass is 16.5. The lowest BCUT2D eigenvalue weighted by Gasteiger charge is -2.14. The molecule has 0 saturated carbocycles. The first-order valence-electron chi connectivity index (χ1n) is 5.01. The van der Waals surface area contributed by atoms with Crippen molar-refractivity contribution in [2.45, 2.75) is 20.3 Å². The van der Waals surface area contributed by atoms with Crippen LogP contribution >= 0.6 is 0 Å². The normalized spacial score (nSPS) is 15.7. The molecule has 0 aliphatic carbocycles. The van der Waals surface area contributed by atoms with Gasteiger partial charge in [0.15, 0.2) is 0 Å². The molecule has 2 N–H and O–H groups in total. The zero-order valence-corrected chi connectivity index (χ0v) is 9.05. The van der Waals surface area contributed by atoms with E-state index in [1.54, 1.807) is 7.11 Å². The van der Waals surface area contributed by atoms with Gasteiger partial charge in [-0.1, -0.05) is 13.8 Å². The van der Waals surface area contributed by atoms with E-state index in [1.165, 1.54) is 0 Å². The van der Waals surface area contributed by atoms with Crippen molar-refractivity contribution in [1.29, 1.82) is 0 Å². The van der Waals surface area contributed by atoms with E-state index in [4.69, 9.17) is 9.84 Å². The molecule has 0 rings (SSSR count). The number of aliphatic hydroxyl groups excluding tert-OH is 1. The highest BCUT2D eigenvalue weighted by Crippen LogP contribution is 1.99. The lowest BCUT2D eigenvalue weighted by atomic mass is 10.1. The molecule has 0 fully saturated rings. The first-order chi connectivity index (χ1) is 6.20. The maximum Gasteiger partial charge on any atom is 0.0499 e. The van der Waals surface area contributed by atoms with Gasteiger partial charge in [0.2, 0.25) is 0 Å². The van der Waals surface area contributed by atoms with Gasteiger partial charge in [-0.2, -0.15) is 0 Å². The lowest BCUT2D eigenvalue weighted by Crippen LogP contribution is -2.28. The molecule has 0 bridgehead atoms. The van der Waals surface area contributed by atoms with E-state index < -0.39 is 0 Å². The quantitative estimate of drug-likeness (QED) is 0.595. The molecule has 80 valence electrons. The van der Waals surface area contributed by atoms with E-state index in [0.717, 1.165) is 26.1 Å². The maximum atomic E-state index is 8.68. The molecule has 2 atom stereocenters. The number of hydrogen-bond acceptors (Lipinski definition) is 3. The molecular formula is C10H23NO2. The largest absolute Gasteiger partial charge is 0.396 e. The fourth-order valence-corrected chi connectivity index (χ4v) is 1.24. The van der Waals surface area contributed by atoms with Crippen molar-refractivity contribution in [2.24, 2.45) is 11.8 Å². The fourth-order valence-electron chi connectivity index (χ4n) is 1.24. The minimum absolute atomic E-state index is 0.288. The van der Waals surface area contributed by atoms with Gasteiger partial charge < -0.3 is 15.2 Å². The molecular weight excluding hydrogens is 166 g/mol. The standard InChI is InChI=1S/C10H23NO2/c1-9(4-5-12)6-11-7-10(2)8-13-3/h9-12H,4-8H2,1-3H3. The molecule has 0 aromatic carbocycles. The summed E-state index contributed by atoms with van der Waals surface area (Å²) in [5.74, 6) is 1.12. The Morgan fingerprint density at radius 2 is 1.85 bits per heavy atom.